The zero-order valence-corrected chi connectivity index (χ0v) is 17.1. The van der Waals surface area contributed by atoms with Crippen LogP contribution >= 0.6 is 15.9 Å². The van der Waals surface area contributed by atoms with Crippen LogP contribution in [0.5, 0.6) is 0 Å². The molecule has 29 heavy (non-hydrogen) atoms. The summed E-state index contributed by atoms with van der Waals surface area (Å²) in [6.07, 6.45) is 1.56. The number of nitrogens with zero attached hydrogens (tertiary/aromatic N) is 2. The van der Waals surface area contributed by atoms with E-state index in [9.17, 15) is 14.7 Å². The molecule has 1 aliphatic heterocycles. The number of hydrogen-bond donors (Lipinski definition) is 1. The molecule has 144 valence electrons. The first-order valence-corrected chi connectivity index (χ1v) is 9.81. The average Bonchev–Trinajstić information content (AvgIpc) is 2.99. The van der Waals surface area contributed by atoms with Gasteiger partial charge in [-0.3, -0.25) is 14.5 Å². The zero-order chi connectivity index (χ0) is 20.5. The fraction of sp³-hybridized carbons (Fsp3) is 0.0870. The summed E-state index contributed by atoms with van der Waals surface area (Å²) < 4.78 is 0.803. The molecule has 6 heteroatoms. The third-order valence-electron chi connectivity index (χ3n) is 4.83. The molecule has 2 heterocycles. The predicted octanol–water partition coefficient (Wildman–Crippen LogP) is 4.78. The second kappa shape index (κ2) is 7.64. The van der Waals surface area contributed by atoms with E-state index >= 15 is 0 Å². The highest BCUT2D eigenvalue weighted by Gasteiger charge is 2.47. The molecule has 1 unspecified atom stereocenters. The Kier molecular flexibility index (Phi) is 5.03. The number of anilines is 1. The Hall–Kier alpha value is -3.25. The number of amides is 1. The highest BCUT2D eigenvalue weighted by molar-refractivity contribution is 9.10. The lowest BCUT2D eigenvalue weighted by molar-refractivity contribution is -0.132. The number of carbonyl (C=O) groups is 2. The van der Waals surface area contributed by atoms with Gasteiger partial charge in [-0.25, -0.2) is 4.98 Å². The highest BCUT2D eigenvalue weighted by Crippen LogP contribution is 2.41. The van der Waals surface area contributed by atoms with Gasteiger partial charge in [-0.2, -0.15) is 0 Å². The molecule has 2 aromatic carbocycles. The Labute approximate surface area is 176 Å². The van der Waals surface area contributed by atoms with Crippen LogP contribution in [0.4, 0.5) is 5.82 Å². The quantitative estimate of drug-likeness (QED) is 0.355. The lowest BCUT2D eigenvalue weighted by Crippen LogP contribution is -2.30. The standard InChI is InChI=1S/C23H17BrN2O3/c1-14-8-10-15(11-9-14)21(27)19-20(16-5-4-6-17(24)13-16)26(23(29)22(19)28)18-7-2-3-12-25-18/h2-13,20,27H,1H3/b21-19+. The van der Waals surface area contributed by atoms with Crippen molar-refractivity contribution in [2.45, 2.75) is 13.0 Å². The van der Waals surface area contributed by atoms with Crippen molar-refractivity contribution in [3.8, 4) is 0 Å². The van der Waals surface area contributed by atoms with E-state index in [0.29, 0.717) is 16.9 Å². The van der Waals surface area contributed by atoms with Crippen molar-refractivity contribution in [2.75, 3.05) is 4.90 Å². The number of aryl methyl sites for hydroxylation is 1. The number of carbonyl (C=O) groups excluding carboxylic acids is 2. The second-order valence-electron chi connectivity index (χ2n) is 6.78. The van der Waals surface area contributed by atoms with Gasteiger partial charge in [-0.1, -0.05) is 64.0 Å². The first-order valence-electron chi connectivity index (χ1n) is 9.02. The van der Waals surface area contributed by atoms with Gasteiger partial charge in [0, 0.05) is 16.2 Å². The fourth-order valence-corrected chi connectivity index (χ4v) is 3.84. The van der Waals surface area contributed by atoms with Crippen LogP contribution < -0.4 is 4.90 Å². The SMILES string of the molecule is Cc1ccc(/C(O)=C2\C(=O)C(=O)N(c3ccccn3)C2c2cccc(Br)c2)cc1. The lowest BCUT2D eigenvalue weighted by atomic mass is 9.95. The van der Waals surface area contributed by atoms with Gasteiger partial charge in [0.25, 0.3) is 5.78 Å². The van der Waals surface area contributed by atoms with Crippen molar-refractivity contribution in [3.05, 3.63) is 99.7 Å². The van der Waals surface area contributed by atoms with Crippen molar-refractivity contribution in [1.29, 1.82) is 0 Å². The van der Waals surface area contributed by atoms with E-state index in [1.54, 1.807) is 36.5 Å². The molecule has 0 aliphatic carbocycles. The number of halogens is 1. The molecule has 5 nitrogen and oxygen atoms in total. The van der Waals surface area contributed by atoms with Crippen LogP contribution in [0, 0.1) is 6.92 Å². The molecular weight excluding hydrogens is 432 g/mol. The molecule has 1 atom stereocenters. The number of Topliss-reactive ketones (excluding diaryl/α,β-unsaturated/α-hetero) is 1. The summed E-state index contributed by atoms with van der Waals surface area (Å²) in [6.45, 7) is 1.94. The van der Waals surface area contributed by atoms with Gasteiger partial charge < -0.3 is 5.11 Å². The van der Waals surface area contributed by atoms with Crippen LogP contribution in [0.2, 0.25) is 0 Å². The van der Waals surface area contributed by atoms with Crippen LogP contribution in [0.1, 0.15) is 22.7 Å². The summed E-state index contributed by atoms with van der Waals surface area (Å²) in [5.74, 6) is -1.31. The number of rotatable bonds is 3. The topological polar surface area (TPSA) is 70.5 Å². The fourth-order valence-electron chi connectivity index (χ4n) is 3.42. The second-order valence-corrected chi connectivity index (χ2v) is 7.69. The Morgan fingerprint density at radius 3 is 2.45 bits per heavy atom. The van der Waals surface area contributed by atoms with E-state index in [1.165, 1.54) is 4.90 Å². The summed E-state index contributed by atoms with van der Waals surface area (Å²) in [7, 11) is 0. The molecule has 1 N–H and O–H groups in total. The molecule has 4 rings (SSSR count). The maximum atomic E-state index is 13.0. The third-order valence-corrected chi connectivity index (χ3v) is 5.32. The molecule has 1 aliphatic rings. The average molecular weight is 449 g/mol. The van der Waals surface area contributed by atoms with Crippen LogP contribution in [0.25, 0.3) is 5.76 Å². The van der Waals surface area contributed by atoms with E-state index in [2.05, 4.69) is 20.9 Å². The summed E-state index contributed by atoms with van der Waals surface area (Å²) in [4.78, 5) is 31.5. The molecule has 0 radical (unpaired) electrons. The Bertz CT molecular complexity index is 1120. The predicted molar refractivity (Wildman–Crippen MR) is 114 cm³/mol. The Balaban J connectivity index is 1.95. The Morgan fingerprint density at radius 1 is 1.03 bits per heavy atom. The largest absolute Gasteiger partial charge is 0.507 e. The maximum absolute atomic E-state index is 13.0. The summed E-state index contributed by atoms with van der Waals surface area (Å²) in [5, 5.41) is 11.0. The number of aromatic nitrogens is 1. The minimum absolute atomic E-state index is 0.0441. The number of aliphatic hydroxyl groups excluding tert-OH is 1. The summed E-state index contributed by atoms with van der Waals surface area (Å²) in [5.41, 5.74) is 2.24. The van der Waals surface area contributed by atoms with Crippen LogP contribution in [-0.2, 0) is 9.59 Å². The highest BCUT2D eigenvalue weighted by atomic mass is 79.9. The van der Waals surface area contributed by atoms with E-state index in [0.717, 1.165) is 10.0 Å². The number of pyridine rings is 1. The van der Waals surface area contributed by atoms with Gasteiger partial charge >= 0.3 is 5.91 Å². The van der Waals surface area contributed by atoms with E-state index < -0.39 is 17.7 Å². The van der Waals surface area contributed by atoms with Gasteiger partial charge in [0.1, 0.15) is 11.6 Å². The smallest absolute Gasteiger partial charge is 0.301 e. The van der Waals surface area contributed by atoms with Gasteiger partial charge in [0.05, 0.1) is 11.6 Å². The summed E-state index contributed by atoms with van der Waals surface area (Å²) >= 11 is 3.44. The third kappa shape index (κ3) is 3.47. The molecule has 0 bridgehead atoms. The van der Waals surface area contributed by atoms with Crippen LogP contribution in [0.15, 0.2) is 83.0 Å². The van der Waals surface area contributed by atoms with Crippen LogP contribution in [0.3, 0.4) is 0 Å². The normalized spacial score (nSPS) is 18.3. The van der Waals surface area contributed by atoms with Crippen molar-refractivity contribution < 1.29 is 14.7 Å². The molecule has 1 amide bonds. The summed E-state index contributed by atoms with van der Waals surface area (Å²) in [6, 6.07) is 18.9. The Morgan fingerprint density at radius 2 is 1.79 bits per heavy atom. The maximum Gasteiger partial charge on any atom is 0.301 e. The van der Waals surface area contributed by atoms with Crippen molar-refractivity contribution in [2.24, 2.45) is 0 Å². The first kappa shape index (κ1) is 19.1. The first-order chi connectivity index (χ1) is 14.0. The molecule has 1 saturated heterocycles. The number of hydrogen-bond acceptors (Lipinski definition) is 4. The van der Waals surface area contributed by atoms with Gasteiger partial charge in [0.15, 0.2) is 0 Å². The minimum atomic E-state index is -0.788. The minimum Gasteiger partial charge on any atom is -0.507 e. The van der Waals surface area contributed by atoms with Gasteiger partial charge in [-0.05, 0) is 36.8 Å². The van der Waals surface area contributed by atoms with E-state index in [4.69, 9.17) is 0 Å². The van der Waals surface area contributed by atoms with Crippen molar-refractivity contribution >= 4 is 39.2 Å². The van der Waals surface area contributed by atoms with E-state index in [-0.39, 0.29) is 11.3 Å². The molecule has 1 aromatic heterocycles. The number of aliphatic hydroxyl groups is 1. The number of ketones is 1. The zero-order valence-electron chi connectivity index (χ0n) is 15.5. The van der Waals surface area contributed by atoms with Gasteiger partial charge in [0.2, 0.25) is 0 Å². The van der Waals surface area contributed by atoms with Crippen LogP contribution in [-0.4, -0.2) is 21.8 Å². The van der Waals surface area contributed by atoms with Gasteiger partial charge in [-0.15, -0.1) is 0 Å². The molecule has 0 spiro atoms. The van der Waals surface area contributed by atoms with Crippen molar-refractivity contribution in [3.63, 3.8) is 0 Å². The molecule has 0 saturated carbocycles. The molecule has 3 aromatic rings. The lowest BCUT2D eigenvalue weighted by Gasteiger charge is -2.24. The molecule has 1 fully saturated rings. The molecular formula is C23H17BrN2O3. The monoisotopic (exact) mass is 448 g/mol. The number of benzene rings is 2. The van der Waals surface area contributed by atoms with E-state index in [1.807, 2.05) is 43.3 Å². The van der Waals surface area contributed by atoms with Crippen molar-refractivity contribution in [1.82, 2.24) is 4.98 Å².